The Morgan fingerprint density at radius 1 is 1.88 bits per heavy atom. The Labute approximate surface area is 60.2 Å². The molecule has 40 valence electrons. The first-order chi connectivity index (χ1) is 3.27. The van der Waals surface area contributed by atoms with Crippen LogP contribution in [0.15, 0.2) is 0 Å². The van der Waals surface area contributed by atoms with Gasteiger partial charge in [0.15, 0.2) is 0 Å². The van der Waals surface area contributed by atoms with E-state index in [1.54, 1.807) is 0 Å². The molecule has 0 unspecified atom stereocenters. The molecule has 0 spiro atoms. The molecule has 0 aromatic carbocycles. The summed E-state index contributed by atoms with van der Waals surface area (Å²) in [5.74, 6) is 1.06. The summed E-state index contributed by atoms with van der Waals surface area (Å²) in [7, 11) is 0.780. The molecule has 0 rings (SSSR count). The van der Waals surface area contributed by atoms with Gasteiger partial charge >= 0.3 is 7.48 Å². The van der Waals surface area contributed by atoms with Crippen LogP contribution < -0.4 is 0 Å². The van der Waals surface area contributed by atoms with Gasteiger partial charge in [-0.25, -0.2) is 5.26 Å². The summed E-state index contributed by atoms with van der Waals surface area (Å²) >= 11 is 0. The van der Waals surface area contributed by atoms with Crippen molar-refractivity contribution in [3.05, 3.63) is 0 Å². The maximum absolute atomic E-state index is 9.80. The number of hydrogen-bond acceptors (Lipinski definition) is 3. The Kier molecular flexibility index (Phi) is 8.73. The van der Waals surface area contributed by atoms with E-state index in [0.29, 0.717) is 0 Å². The van der Waals surface area contributed by atoms with Crippen molar-refractivity contribution in [1.29, 1.82) is 5.26 Å². The predicted molar refractivity (Wildman–Crippen MR) is 23.1 cm³/mol. The molecule has 3 nitrogen and oxygen atoms in total. The number of rotatable bonds is 1. The summed E-state index contributed by atoms with van der Waals surface area (Å²) in [5.41, 5.74) is 0. The Morgan fingerprint density at radius 2 is 2.38 bits per heavy atom. The Hall–Kier alpha value is -0.391. The fourth-order valence-corrected chi connectivity index (χ4v) is 0.109. The van der Waals surface area contributed by atoms with Crippen molar-refractivity contribution in [2.45, 2.75) is 6.92 Å². The second kappa shape index (κ2) is 6.61. The predicted octanol–water partition coefficient (Wildman–Crippen LogP) is -0.353. The second-order valence-electron chi connectivity index (χ2n) is 0.856. The fourth-order valence-electron chi connectivity index (χ4n) is 0.109. The minimum atomic E-state index is -0.471. The van der Waals surface area contributed by atoms with Gasteiger partial charge in [0.05, 0.1) is 5.97 Å². The minimum Gasteiger partial charge on any atom is -0.523 e. The quantitative estimate of drug-likeness (QED) is 0.476. The largest absolute Gasteiger partial charge is 0.523 e. The first kappa shape index (κ1) is 10.6. The third kappa shape index (κ3) is 9.15. The van der Waals surface area contributed by atoms with E-state index in [1.807, 2.05) is 0 Å². The van der Waals surface area contributed by atoms with E-state index < -0.39 is 5.97 Å². The number of nitriles is 1. The number of carbonyl (C=O) groups is 1. The summed E-state index contributed by atoms with van der Waals surface area (Å²) in [5, 5.41) is 7.73. The van der Waals surface area contributed by atoms with Crippen LogP contribution >= 0.6 is 0 Å². The van der Waals surface area contributed by atoms with Gasteiger partial charge in [-0.15, -0.1) is 0 Å². The summed E-state index contributed by atoms with van der Waals surface area (Å²) in [6.45, 7) is 1.23. The molecular weight excluding hydrogens is 144 g/mol. The van der Waals surface area contributed by atoms with E-state index in [0.717, 1.165) is 7.48 Å². The number of hydrogen-bond donors (Lipinski definition) is 0. The smallest absolute Gasteiger partial charge is 0.506 e. The molecule has 2 radical (unpaired) electrons. The van der Waals surface area contributed by atoms with E-state index in [2.05, 4.69) is 4.65 Å². The summed E-state index contributed by atoms with van der Waals surface area (Å²) in [4.78, 5) is 9.80. The zero-order valence-corrected chi connectivity index (χ0v) is 5.68. The van der Waals surface area contributed by atoms with Gasteiger partial charge in [0.25, 0.3) is 5.97 Å². The topological polar surface area (TPSA) is 50.1 Å². The van der Waals surface area contributed by atoms with Crippen LogP contribution in [0.25, 0.3) is 0 Å². The number of carbonyl (C=O) groups excluding carboxylic acids is 1. The fraction of sp³-hybridized carbons (Fsp3) is 0.333. The van der Waals surface area contributed by atoms with Crippen molar-refractivity contribution in [1.82, 2.24) is 0 Å². The monoisotopic (exact) mass is 147 g/mol. The van der Waals surface area contributed by atoms with E-state index in [-0.39, 0.29) is 18.6 Å². The molecule has 5 heteroatoms. The van der Waals surface area contributed by atoms with E-state index in [1.165, 1.54) is 12.9 Å². The third-order valence-corrected chi connectivity index (χ3v) is 0.278. The van der Waals surface area contributed by atoms with Crippen molar-refractivity contribution in [3.8, 4) is 5.97 Å². The van der Waals surface area contributed by atoms with Gasteiger partial charge < -0.3 is 4.65 Å². The Bertz CT molecular complexity index is 110. The third-order valence-electron chi connectivity index (χ3n) is 0.278. The Balaban J connectivity index is 0. The first-order valence-corrected chi connectivity index (χ1v) is 1.66. The molecule has 8 heavy (non-hydrogen) atoms. The molecule has 0 aliphatic heterocycles. The average Bonchev–Trinajstić information content (AvgIpc) is 1.61. The SMILES string of the molecule is CC(=O)O[B]C#N.[V]. The second-order valence-corrected chi connectivity index (χ2v) is 0.856. The molecule has 0 bridgehead atoms. The van der Waals surface area contributed by atoms with Gasteiger partial charge in [0.2, 0.25) is 0 Å². The van der Waals surface area contributed by atoms with Crippen LogP contribution in [0, 0.1) is 11.2 Å². The van der Waals surface area contributed by atoms with Gasteiger partial charge in [-0.2, -0.15) is 0 Å². The van der Waals surface area contributed by atoms with Crippen LogP contribution in [0.2, 0.25) is 0 Å². The Morgan fingerprint density at radius 3 is 2.50 bits per heavy atom. The molecule has 0 fully saturated rings. The molecule has 0 saturated heterocycles. The van der Waals surface area contributed by atoms with Gasteiger partial charge in [-0.05, 0) is 0 Å². The molecule has 0 aliphatic carbocycles. The first-order valence-electron chi connectivity index (χ1n) is 1.66. The average molecular weight is 147 g/mol. The van der Waals surface area contributed by atoms with Gasteiger partial charge in [-0.1, -0.05) is 0 Å². The summed E-state index contributed by atoms with van der Waals surface area (Å²) in [6, 6.07) is 0. The normalized spacial score (nSPS) is 5.50. The molecule has 0 amide bonds. The maximum Gasteiger partial charge on any atom is 0.506 e. The van der Waals surface area contributed by atoms with Crippen molar-refractivity contribution in [2.75, 3.05) is 0 Å². The minimum absolute atomic E-state index is 0. The van der Waals surface area contributed by atoms with E-state index in [4.69, 9.17) is 5.26 Å². The number of nitrogens with zero attached hydrogens (tertiary/aromatic N) is 1. The molecule has 0 aliphatic rings. The zero-order valence-electron chi connectivity index (χ0n) is 4.29. The molecule has 0 aromatic rings. The van der Waals surface area contributed by atoms with Crippen LogP contribution in [0.1, 0.15) is 6.92 Å². The van der Waals surface area contributed by atoms with Crippen LogP contribution in [-0.2, 0) is 28.0 Å². The van der Waals surface area contributed by atoms with Crippen LogP contribution in [0.3, 0.4) is 0 Å². The zero-order chi connectivity index (χ0) is 5.70. The van der Waals surface area contributed by atoms with Gasteiger partial charge in [-0.3, -0.25) is 4.79 Å². The van der Waals surface area contributed by atoms with Gasteiger partial charge in [0, 0.05) is 25.5 Å². The summed E-state index contributed by atoms with van der Waals surface area (Å²) in [6.07, 6.45) is 0. The molecule has 0 aromatic heterocycles. The van der Waals surface area contributed by atoms with E-state index >= 15 is 0 Å². The molecule has 0 N–H and O–H groups in total. The van der Waals surface area contributed by atoms with Crippen LogP contribution in [0.4, 0.5) is 0 Å². The van der Waals surface area contributed by atoms with Gasteiger partial charge in [0.1, 0.15) is 0 Å². The van der Waals surface area contributed by atoms with Crippen molar-refractivity contribution >= 4 is 13.5 Å². The summed E-state index contributed by atoms with van der Waals surface area (Å²) < 4.78 is 4.07. The molecule has 0 heterocycles. The van der Waals surface area contributed by atoms with E-state index in [9.17, 15) is 4.79 Å². The standard InChI is InChI=1S/C3H3BNO2.V/c1-3(6)7-4-2-5;/h1H3;. The van der Waals surface area contributed by atoms with Crippen molar-refractivity contribution in [2.24, 2.45) is 0 Å². The maximum atomic E-state index is 9.80. The van der Waals surface area contributed by atoms with Crippen LogP contribution in [0.5, 0.6) is 0 Å². The molecule has 0 saturated carbocycles. The van der Waals surface area contributed by atoms with Crippen molar-refractivity contribution < 1.29 is 28.0 Å². The molecular formula is C3H3BNO2V. The van der Waals surface area contributed by atoms with Crippen LogP contribution in [-0.4, -0.2) is 13.5 Å². The van der Waals surface area contributed by atoms with Crippen molar-refractivity contribution in [3.63, 3.8) is 0 Å². The molecule has 0 atom stereocenters.